The van der Waals surface area contributed by atoms with Gasteiger partial charge in [-0.1, -0.05) is 0 Å². The van der Waals surface area contributed by atoms with Crippen molar-refractivity contribution in [3.8, 4) is 0 Å². The summed E-state index contributed by atoms with van der Waals surface area (Å²) < 4.78 is 5.73. The Balaban J connectivity index is 2.24. The third kappa shape index (κ3) is 7.94. The first-order chi connectivity index (χ1) is 10.4. The van der Waals surface area contributed by atoms with Crippen LogP contribution >= 0.6 is 27.3 Å². The highest BCUT2D eigenvalue weighted by atomic mass is 79.9. The second-order valence-corrected chi connectivity index (χ2v) is 7.08. The lowest BCUT2D eigenvalue weighted by Crippen LogP contribution is -2.41. The summed E-state index contributed by atoms with van der Waals surface area (Å²) in [5.41, 5.74) is 0. The summed E-state index contributed by atoms with van der Waals surface area (Å²) in [6, 6.07) is 3.72. The number of carbonyl (C=O) groups excluding carboxylic acids is 3. The van der Waals surface area contributed by atoms with Crippen LogP contribution in [0, 0.1) is 0 Å². The number of amides is 2. The third-order valence-corrected chi connectivity index (χ3v) is 3.81. The highest BCUT2D eigenvalue weighted by Gasteiger charge is 2.08. The van der Waals surface area contributed by atoms with Gasteiger partial charge in [-0.05, 0) is 48.0 Å². The van der Waals surface area contributed by atoms with E-state index in [0.717, 1.165) is 8.66 Å². The minimum absolute atomic E-state index is 0.00431. The molecule has 0 radical (unpaired) electrons. The maximum atomic E-state index is 11.4. The molecule has 0 aliphatic heterocycles. The Morgan fingerprint density at radius 3 is 2.64 bits per heavy atom. The maximum Gasteiger partial charge on any atom is 0.331 e. The summed E-state index contributed by atoms with van der Waals surface area (Å²) in [5.74, 6) is -1.44. The SMILES string of the molecule is CC(C)NC(=O)CNC(=O)COC(=O)/C=C/c1ccc(Br)s1. The van der Waals surface area contributed by atoms with E-state index >= 15 is 0 Å². The number of rotatable bonds is 7. The molecule has 8 heteroatoms. The van der Waals surface area contributed by atoms with Gasteiger partial charge >= 0.3 is 5.97 Å². The van der Waals surface area contributed by atoms with Crippen LogP contribution in [0.25, 0.3) is 6.08 Å². The molecule has 2 amide bonds. The van der Waals surface area contributed by atoms with E-state index in [1.807, 2.05) is 26.0 Å². The average Bonchev–Trinajstić information content (AvgIpc) is 2.85. The molecule has 0 atom stereocenters. The Bertz CT molecular complexity index is 569. The Kier molecular flexibility index (Phi) is 7.83. The van der Waals surface area contributed by atoms with E-state index in [2.05, 4.69) is 26.6 Å². The Morgan fingerprint density at radius 1 is 1.32 bits per heavy atom. The standard InChI is InChI=1S/C14H17BrN2O4S/c1-9(2)17-12(18)7-16-13(19)8-21-14(20)6-4-10-3-5-11(15)22-10/h3-6,9H,7-8H2,1-2H3,(H,16,19)(H,17,18)/b6-4+. The predicted molar refractivity (Wildman–Crippen MR) is 88.3 cm³/mol. The van der Waals surface area contributed by atoms with Crippen molar-refractivity contribution in [1.29, 1.82) is 0 Å². The maximum absolute atomic E-state index is 11.4. The molecule has 2 N–H and O–H groups in total. The fourth-order valence-corrected chi connectivity index (χ4v) is 2.68. The van der Waals surface area contributed by atoms with Gasteiger partial charge in [-0.15, -0.1) is 11.3 Å². The van der Waals surface area contributed by atoms with Gasteiger partial charge in [0.1, 0.15) is 0 Å². The highest BCUT2D eigenvalue weighted by molar-refractivity contribution is 9.11. The molecule has 0 saturated carbocycles. The normalized spacial score (nSPS) is 10.7. The second kappa shape index (κ2) is 9.37. The van der Waals surface area contributed by atoms with E-state index < -0.39 is 18.5 Å². The molecule has 1 aromatic heterocycles. The summed E-state index contributed by atoms with van der Waals surface area (Å²) in [6.45, 7) is 3.07. The lowest BCUT2D eigenvalue weighted by molar-refractivity contribution is -0.143. The summed E-state index contributed by atoms with van der Waals surface area (Å²) in [5, 5.41) is 4.99. The molecular formula is C14H17BrN2O4S. The zero-order valence-corrected chi connectivity index (χ0v) is 14.6. The van der Waals surface area contributed by atoms with Crippen LogP contribution in [0.2, 0.25) is 0 Å². The molecule has 1 heterocycles. The van der Waals surface area contributed by atoms with Crippen molar-refractivity contribution in [2.45, 2.75) is 19.9 Å². The Hall–Kier alpha value is -1.67. The van der Waals surface area contributed by atoms with Crippen molar-refractivity contribution in [3.05, 3.63) is 26.9 Å². The smallest absolute Gasteiger partial charge is 0.331 e. The monoisotopic (exact) mass is 388 g/mol. The largest absolute Gasteiger partial charge is 0.452 e. The third-order valence-electron chi connectivity index (χ3n) is 2.22. The molecular weight excluding hydrogens is 372 g/mol. The van der Waals surface area contributed by atoms with Crippen LogP contribution in [0.1, 0.15) is 18.7 Å². The zero-order valence-electron chi connectivity index (χ0n) is 12.2. The number of thiophene rings is 1. The van der Waals surface area contributed by atoms with Gasteiger partial charge in [0.15, 0.2) is 6.61 Å². The number of hydrogen-bond donors (Lipinski definition) is 2. The van der Waals surface area contributed by atoms with E-state index in [0.29, 0.717) is 0 Å². The van der Waals surface area contributed by atoms with Crippen molar-refractivity contribution in [1.82, 2.24) is 10.6 Å². The highest BCUT2D eigenvalue weighted by Crippen LogP contribution is 2.22. The quantitative estimate of drug-likeness (QED) is 0.549. The first kappa shape index (κ1) is 18.4. The molecule has 0 unspecified atom stereocenters. The fraction of sp³-hybridized carbons (Fsp3) is 0.357. The number of esters is 1. The molecule has 0 aliphatic carbocycles. The predicted octanol–water partition coefficient (Wildman–Crippen LogP) is 1.71. The molecule has 1 aromatic rings. The minimum Gasteiger partial charge on any atom is -0.452 e. The van der Waals surface area contributed by atoms with Crippen molar-refractivity contribution in [2.24, 2.45) is 0 Å². The first-order valence-corrected chi connectivity index (χ1v) is 8.14. The van der Waals surface area contributed by atoms with Crippen LogP contribution in [-0.4, -0.2) is 37.0 Å². The number of hydrogen-bond acceptors (Lipinski definition) is 5. The first-order valence-electron chi connectivity index (χ1n) is 6.53. The summed E-state index contributed by atoms with van der Waals surface area (Å²) >= 11 is 4.78. The Morgan fingerprint density at radius 2 is 2.05 bits per heavy atom. The Labute approximate surface area is 141 Å². The molecule has 6 nitrogen and oxygen atoms in total. The van der Waals surface area contributed by atoms with Crippen LogP contribution in [0.4, 0.5) is 0 Å². The van der Waals surface area contributed by atoms with E-state index in [1.54, 1.807) is 6.08 Å². The van der Waals surface area contributed by atoms with Crippen LogP contribution in [0.5, 0.6) is 0 Å². The van der Waals surface area contributed by atoms with Crippen LogP contribution in [0.3, 0.4) is 0 Å². The zero-order chi connectivity index (χ0) is 16.5. The van der Waals surface area contributed by atoms with Gasteiger partial charge in [0, 0.05) is 17.0 Å². The molecule has 0 aliphatic rings. The van der Waals surface area contributed by atoms with Gasteiger partial charge in [-0.2, -0.15) is 0 Å². The van der Waals surface area contributed by atoms with E-state index in [9.17, 15) is 14.4 Å². The van der Waals surface area contributed by atoms with Gasteiger partial charge in [0.25, 0.3) is 5.91 Å². The number of carbonyl (C=O) groups is 3. The molecule has 0 bridgehead atoms. The fourth-order valence-electron chi connectivity index (χ4n) is 1.36. The average molecular weight is 389 g/mol. The van der Waals surface area contributed by atoms with Gasteiger partial charge < -0.3 is 15.4 Å². The van der Waals surface area contributed by atoms with Crippen LogP contribution in [0.15, 0.2) is 22.0 Å². The molecule has 1 rings (SSSR count). The number of nitrogens with one attached hydrogen (secondary N) is 2. The summed E-state index contributed by atoms with van der Waals surface area (Å²) in [4.78, 5) is 35.1. The van der Waals surface area contributed by atoms with Crippen molar-refractivity contribution in [3.63, 3.8) is 0 Å². The second-order valence-electron chi connectivity index (χ2n) is 4.58. The number of halogens is 1. The number of ether oxygens (including phenoxy) is 1. The summed E-state index contributed by atoms with van der Waals surface area (Å²) in [7, 11) is 0. The van der Waals surface area contributed by atoms with Crippen molar-refractivity contribution < 1.29 is 19.1 Å². The van der Waals surface area contributed by atoms with Crippen molar-refractivity contribution >= 4 is 51.1 Å². The topological polar surface area (TPSA) is 84.5 Å². The van der Waals surface area contributed by atoms with E-state index in [1.165, 1.54) is 17.4 Å². The molecule has 0 spiro atoms. The molecule has 0 fully saturated rings. The molecule has 120 valence electrons. The van der Waals surface area contributed by atoms with Gasteiger partial charge in [0.05, 0.1) is 10.3 Å². The van der Waals surface area contributed by atoms with Gasteiger partial charge in [0.2, 0.25) is 5.91 Å². The van der Waals surface area contributed by atoms with Crippen LogP contribution in [-0.2, 0) is 19.1 Å². The lowest BCUT2D eigenvalue weighted by Gasteiger charge is -2.09. The van der Waals surface area contributed by atoms with Gasteiger partial charge in [-0.25, -0.2) is 4.79 Å². The summed E-state index contributed by atoms with van der Waals surface area (Å²) in [6.07, 6.45) is 2.85. The molecule has 22 heavy (non-hydrogen) atoms. The van der Waals surface area contributed by atoms with E-state index in [-0.39, 0.29) is 18.5 Å². The van der Waals surface area contributed by atoms with Crippen LogP contribution < -0.4 is 10.6 Å². The van der Waals surface area contributed by atoms with E-state index in [4.69, 9.17) is 4.74 Å². The molecule has 0 saturated heterocycles. The molecule has 0 aromatic carbocycles. The lowest BCUT2D eigenvalue weighted by atomic mass is 10.4. The van der Waals surface area contributed by atoms with Crippen molar-refractivity contribution in [2.75, 3.05) is 13.2 Å². The van der Waals surface area contributed by atoms with Gasteiger partial charge in [-0.3, -0.25) is 9.59 Å². The minimum atomic E-state index is -0.619.